The van der Waals surface area contributed by atoms with Gasteiger partial charge in [-0.2, -0.15) is 0 Å². The van der Waals surface area contributed by atoms with Crippen molar-refractivity contribution in [3.05, 3.63) is 0 Å². The van der Waals surface area contributed by atoms with Crippen LogP contribution in [0.15, 0.2) is 0 Å². The van der Waals surface area contributed by atoms with Crippen molar-refractivity contribution in [3.8, 4) is 0 Å². The van der Waals surface area contributed by atoms with Crippen LogP contribution in [-0.2, 0) is 34.2 Å². The van der Waals surface area contributed by atoms with Crippen LogP contribution in [0.1, 0.15) is 147 Å². The van der Waals surface area contributed by atoms with Crippen LogP contribution in [-0.4, -0.2) is 99.4 Å². The molecule has 7 rings (SSSR count). The van der Waals surface area contributed by atoms with Gasteiger partial charge in [0.2, 0.25) is 10.0 Å². The monoisotopic (exact) mass is 880 g/mol. The fourth-order valence-corrected chi connectivity index (χ4v) is 18.0. The number of rotatable bonds is 12. The van der Waals surface area contributed by atoms with Crippen molar-refractivity contribution in [1.29, 1.82) is 0 Å². The van der Waals surface area contributed by atoms with E-state index in [1.807, 2.05) is 13.8 Å². The second-order valence-corrected chi connectivity index (χ2v) is 28.4. The molecule has 0 amide bonds. The molecule has 0 radical (unpaired) electrons. The van der Waals surface area contributed by atoms with E-state index in [2.05, 4.69) is 63.4 Å². The van der Waals surface area contributed by atoms with E-state index in [1.54, 1.807) is 13.8 Å². The first kappa shape index (κ1) is 46.7. The number of sulfone groups is 1. The summed E-state index contributed by atoms with van der Waals surface area (Å²) in [7, 11) is -6.57. The van der Waals surface area contributed by atoms with E-state index in [0.29, 0.717) is 61.6 Å². The van der Waals surface area contributed by atoms with Crippen molar-refractivity contribution >= 4 is 31.8 Å². The van der Waals surface area contributed by atoms with Gasteiger partial charge in [0.1, 0.15) is 6.10 Å². The molecule has 6 saturated carbocycles. The van der Waals surface area contributed by atoms with Crippen LogP contribution in [0, 0.1) is 74.4 Å². The Hall–Kier alpha value is -1.28. The normalized spacial score (nSPS) is 43.8. The minimum absolute atomic E-state index is 0.0378. The number of hydrogen-bond acceptors (Lipinski definition) is 9. The Bertz CT molecular complexity index is 1870. The highest BCUT2D eigenvalue weighted by Gasteiger charge is 2.71. The van der Waals surface area contributed by atoms with Gasteiger partial charge in [0, 0.05) is 43.2 Å². The third-order valence-electron chi connectivity index (χ3n) is 20.1. The Labute approximate surface area is 363 Å². The van der Waals surface area contributed by atoms with Crippen LogP contribution < -0.4 is 10.0 Å². The molecule has 1 unspecified atom stereocenters. The number of carbonyl (C=O) groups is 2. The van der Waals surface area contributed by atoms with E-state index in [4.69, 9.17) is 4.74 Å². The number of carbonyl (C=O) groups excluding carboxylic acids is 1. The highest BCUT2D eigenvalue weighted by atomic mass is 32.2. The lowest BCUT2D eigenvalue weighted by Gasteiger charge is -2.73. The number of aliphatic carboxylic acids is 1. The molecule has 3 N–H and O–H groups in total. The van der Waals surface area contributed by atoms with Crippen molar-refractivity contribution in [2.75, 3.05) is 37.7 Å². The van der Waals surface area contributed by atoms with Gasteiger partial charge in [0.25, 0.3) is 0 Å². The van der Waals surface area contributed by atoms with Crippen molar-refractivity contribution in [1.82, 2.24) is 14.9 Å². The maximum atomic E-state index is 13.7. The number of fused-ring (bicyclic) bond motifs is 7. The van der Waals surface area contributed by atoms with Gasteiger partial charge in [-0.25, -0.2) is 21.6 Å². The first-order valence-electron chi connectivity index (χ1n) is 23.8. The highest BCUT2D eigenvalue weighted by molar-refractivity contribution is 7.91. The Kier molecular flexibility index (Phi) is 12.2. The summed E-state index contributed by atoms with van der Waals surface area (Å²) in [5.74, 6) is 1.52. The molecule has 13 atom stereocenters. The van der Waals surface area contributed by atoms with Gasteiger partial charge < -0.3 is 15.2 Å². The van der Waals surface area contributed by atoms with Crippen molar-refractivity contribution < 1.29 is 36.3 Å². The van der Waals surface area contributed by atoms with E-state index in [-0.39, 0.29) is 69.3 Å². The van der Waals surface area contributed by atoms with E-state index >= 15 is 0 Å². The Morgan fingerprint density at radius 3 is 2.05 bits per heavy atom. The maximum absolute atomic E-state index is 13.7. The van der Waals surface area contributed by atoms with Gasteiger partial charge in [-0.05, 0) is 142 Å². The van der Waals surface area contributed by atoms with Crippen LogP contribution in [0.5, 0.6) is 0 Å². The Morgan fingerprint density at radius 1 is 0.783 bits per heavy atom. The number of nitrogens with zero attached hydrogens (tertiary/aromatic N) is 1. The van der Waals surface area contributed by atoms with Crippen molar-refractivity contribution in [2.24, 2.45) is 74.4 Å². The number of nitrogens with one attached hydrogen (secondary N) is 2. The summed E-state index contributed by atoms with van der Waals surface area (Å²) in [5, 5.41) is 13.4. The predicted octanol–water partition coefficient (Wildman–Crippen LogP) is 7.15. The third-order valence-corrected chi connectivity index (χ3v) is 23.5. The molecule has 1 saturated heterocycles. The molecule has 13 heteroatoms. The van der Waals surface area contributed by atoms with Crippen LogP contribution >= 0.6 is 0 Å². The number of carboxylic acid groups (broad SMARTS) is 1. The topological polar surface area (TPSA) is 159 Å². The maximum Gasteiger partial charge on any atom is 0.309 e. The molecule has 0 aromatic heterocycles. The zero-order valence-corrected chi connectivity index (χ0v) is 40.6. The van der Waals surface area contributed by atoms with Gasteiger partial charge in [-0.3, -0.25) is 14.5 Å². The lowest BCUT2D eigenvalue weighted by atomic mass is 9.32. The minimum Gasteiger partial charge on any atom is -0.481 e. The molecule has 0 spiro atoms. The van der Waals surface area contributed by atoms with E-state index in [1.165, 1.54) is 25.7 Å². The Morgan fingerprint density at radius 2 is 1.45 bits per heavy atom. The van der Waals surface area contributed by atoms with Crippen LogP contribution in [0.2, 0.25) is 0 Å². The molecule has 11 nitrogen and oxygen atoms in total. The fourth-order valence-electron chi connectivity index (χ4n) is 16.0. The van der Waals surface area contributed by atoms with E-state index in [9.17, 15) is 31.5 Å². The second-order valence-electron chi connectivity index (χ2n) is 23.7. The largest absolute Gasteiger partial charge is 0.481 e. The molecule has 1 aliphatic heterocycles. The third kappa shape index (κ3) is 7.45. The second kappa shape index (κ2) is 15.7. The minimum atomic E-state index is -3.48. The van der Waals surface area contributed by atoms with Gasteiger partial charge in [0.05, 0.1) is 28.6 Å². The summed E-state index contributed by atoms with van der Waals surface area (Å²) in [6.07, 6.45) is 11.3. The molecule has 60 heavy (non-hydrogen) atoms. The van der Waals surface area contributed by atoms with Gasteiger partial charge in [0.15, 0.2) is 9.84 Å². The van der Waals surface area contributed by atoms with Crippen LogP contribution in [0.25, 0.3) is 0 Å². The standard InChI is InChI=1S/C47H81N3O8S2/c1-29(2)32-14-19-47(48-27-31(28-49-60(56,57)30(3)4)50-22-24-59(54,55)25-23-50)21-20-45(10)33(39(32)47)12-13-37-44(9)17-16-38(43(7,8)36(44)15-18-46(37,45)11)58-41(53)35-26-34(40(51)52)42(35,5)6/h29-39,48-49H,12-28H2,1-11H3,(H,51,52)/t31?,32-,33+,34-,35+,36-,37+,38-,39+,44-,45+,46+,47-/m0/s1. The molecule has 344 valence electrons. The number of hydrogen-bond donors (Lipinski definition) is 3. The smallest absolute Gasteiger partial charge is 0.309 e. The molecule has 7 fully saturated rings. The molecule has 0 aromatic carbocycles. The average molecular weight is 880 g/mol. The van der Waals surface area contributed by atoms with Crippen molar-refractivity contribution in [2.45, 2.75) is 170 Å². The molecular formula is C47H81N3O8S2. The van der Waals surface area contributed by atoms with Crippen LogP contribution in [0.3, 0.4) is 0 Å². The number of sulfonamides is 1. The van der Waals surface area contributed by atoms with E-state index in [0.717, 1.165) is 38.5 Å². The summed E-state index contributed by atoms with van der Waals surface area (Å²) >= 11 is 0. The zero-order valence-electron chi connectivity index (χ0n) is 38.9. The Balaban J connectivity index is 1.11. The predicted molar refractivity (Wildman–Crippen MR) is 236 cm³/mol. The number of esters is 1. The summed E-state index contributed by atoms with van der Waals surface area (Å²) in [6.45, 7) is 26.3. The lowest BCUT2D eigenvalue weighted by Crippen LogP contribution is -2.69. The fraction of sp³-hybridized carbons (Fsp3) is 0.957. The summed E-state index contributed by atoms with van der Waals surface area (Å²) in [4.78, 5) is 27.7. The summed E-state index contributed by atoms with van der Waals surface area (Å²) in [6, 6.07) is -0.140. The molecule has 6 aliphatic carbocycles. The quantitative estimate of drug-likeness (QED) is 0.172. The molecule has 0 bridgehead atoms. The first-order chi connectivity index (χ1) is 27.7. The van der Waals surface area contributed by atoms with Crippen molar-refractivity contribution in [3.63, 3.8) is 0 Å². The van der Waals surface area contributed by atoms with Gasteiger partial charge in [-0.1, -0.05) is 62.3 Å². The van der Waals surface area contributed by atoms with Gasteiger partial charge >= 0.3 is 11.9 Å². The lowest BCUT2D eigenvalue weighted by molar-refractivity contribution is -0.249. The zero-order chi connectivity index (χ0) is 44.2. The van der Waals surface area contributed by atoms with E-state index < -0.39 is 42.4 Å². The summed E-state index contributed by atoms with van der Waals surface area (Å²) < 4.78 is 60.2. The number of carboxylic acids is 1. The molecule has 7 aliphatic rings. The first-order valence-corrected chi connectivity index (χ1v) is 27.1. The van der Waals surface area contributed by atoms with Gasteiger partial charge in [-0.15, -0.1) is 0 Å². The molecule has 0 aromatic rings. The SMILES string of the molecule is CC(C)[C@@H]1CC[C@]2(NCC(CNS(=O)(=O)C(C)C)N3CCS(=O)(=O)CC3)CC[C@]3(C)[C@H](CC[C@@H]4[C@@]5(C)CC[C@H](OC(=O)[C@H]6C[C@@H](C(=O)O)C6(C)C)C(C)(C)[C@@H]5CC[C@]43C)[C@@H]12. The molecule has 1 heterocycles. The highest BCUT2D eigenvalue weighted by Crippen LogP contribution is 2.76. The number of ether oxygens (including phenoxy) is 1. The summed E-state index contributed by atoms with van der Waals surface area (Å²) in [5.41, 5.74) is -0.392. The van der Waals surface area contributed by atoms with Crippen LogP contribution in [0.4, 0.5) is 0 Å². The average Bonchev–Trinajstić information content (AvgIpc) is 3.53. The molecular weight excluding hydrogens is 799 g/mol.